The largest absolute Gasteiger partial charge is 0.298 e. The Kier molecular flexibility index (Phi) is 2.68. The summed E-state index contributed by atoms with van der Waals surface area (Å²) in [6.07, 6.45) is 2.53. The first-order chi connectivity index (χ1) is 7.20. The van der Waals surface area contributed by atoms with Gasteiger partial charge >= 0.3 is 0 Å². The van der Waals surface area contributed by atoms with Crippen molar-refractivity contribution < 1.29 is 4.79 Å². The molecule has 0 radical (unpaired) electrons. The molecular formula is C11H9BrN2O. The number of rotatable bonds is 2. The van der Waals surface area contributed by atoms with Gasteiger partial charge in [0, 0.05) is 23.3 Å². The van der Waals surface area contributed by atoms with Crippen molar-refractivity contribution in [1.29, 1.82) is 0 Å². The second-order valence-corrected chi connectivity index (χ2v) is 4.15. The summed E-state index contributed by atoms with van der Waals surface area (Å²) in [6, 6.07) is 7.73. The second-order valence-electron chi connectivity index (χ2n) is 3.23. The molecule has 0 saturated carbocycles. The number of carbonyl (C=O) groups is 1. The number of aldehydes is 1. The van der Waals surface area contributed by atoms with Gasteiger partial charge in [-0.15, -0.1) is 0 Å². The Labute approximate surface area is 95.9 Å². The Morgan fingerprint density at radius 2 is 2.27 bits per heavy atom. The second kappa shape index (κ2) is 3.98. The van der Waals surface area contributed by atoms with Crippen LogP contribution in [0, 0.1) is 0 Å². The van der Waals surface area contributed by atoms with E-state index in [-0.39, 0.29) is 0 Å². The van der Waals surface area contributed by atoms with E-state index in [2.05, 4.69) is 21.0 Å². The Morgan fingerprint density at radius 1 is 1.47 bits per heavy atom. The lowest BCUT2D eigenvalue weighted by molar-refractivity contribution is 0.112. The van der Waals surface area contributed by atoms with Gasteiger partial charge in [0.15, 0.2) is 6.29 Å². The molecule has 1 aromatic heterocycles. The standard InChI is InChI=1S/C11H9BrN2O/c1-14-6-9(7-15)11(13-14)8-3-2-4-10(12)5-8/h2-7H,1H3. The molecule has 0 aliphatic carbocycles. The van der Waals surface area contributed by atoms with Crippen LogP contribution in [0.4, 0.5) is 0 Å². The summed E-state index contributed by atoms with van der Waals surface area (Å²) in [4.78, 5) is 10.8. The molecule has 0 aliphatic rings. The van der Waals surface area contributed by atoms with Crippen LogP contribution in [0.15, 0.2) is 34.9 Å². The van der Waals surface area contributed by atoms with Gasteiger partial charge in [-0.3, -0.25) is 9.48 Å². The molecule has 0 unspecified atom stereocenters. The Bertz CT molecular complexity index is 505. The van der Waals surface area contributed by atoms with Crippen LogP contribution in [0.2, 0.25) is 0 Å². The summed E-state index contributed by atoms with van der Waals surface area (Å²) in [5.41, 5.74) is 2.26. The molecule has 0 N–H and O–H groups in total. The van der Waals surface area contributed by atoms with Gasteiger partial charge in [-0.05, 0) is 12.1 Å². The van der Waals surface area contributed by atoms with Crippen molar-refractivity contribution in [1.82, 2.24) is 9.78 Å². The molecule has 3 nitrogen and oxygen atoms in total. The zero-order valence-electron chi connectivity index (χ0n) is 8.14. The number of halogens is 1. The number of hydrogen-bond acceptors (Lipinski definition) is 2. The average Bonchev–Trinajstić information content (AvgIpc) is 2.59. The zero-order chi connectivity index (χ0) is 10.8. The smallest absolute Gasteiger partial charge is 0.153 e. The van der Waals surface area contributed by atoms with E-state index < -0.39 is 0 Å². The molecular weight excluding hydrogens is 256 g/mol. The van der Waals surface area contributed by atoms with Crippen molar-refractivity contribution in [3.8, 4) is 11.3 Å². The van der Waals surface area contributed by atoms with Crippen LogP contribution in [0.1, 0.15) is 10.4 Å². The van der Waals surface area contributed by atoms with Crippen LogP contribution < -0.4 is 0 Å². The quantitative estimate of drug-likeness (QED) is 0.782. The van der Waals surface area contributed by atoms with Gasteiger partial charge in [-0.1, -0.05) is 28.1 Å². The number of aromatic nitrogens is 2. The van der Waals surface area contributed by atoms with E-state index >= 15 is 0 Å². The highest BCUT2D eigenvalue weighted by molar-refractivity contribution is 9.10. The molecule has 0 spiro atoms. The van der Waals surface area contributed by atoms with Gasteiger partial charge < -0.3 is 0 Å². The molecule has 1 aromatic carbocycles. The predicted octanol–water partition coefficient (Wildman–Crippen LogP) is 2.66. The summed E-state index contributed by atoms with van der Waals surface area (Å²) in [5.74, 6) is 0. The van der Waals surface area contributed by atoms with E-state index in [1.165, 1.54) is 0 Å². The predicted molar refractivity (Wildman–Crippen MR) is 61.7 cm³/mol. The summed E-state index contributed by atoms with van der Waals surface area (Å²) in [5, 5.41) is 4.26. The fourth-order valence-corrected chi connectivity index (χ4v) is 1.85. The number of carbonyl (C=O) groups excluding carboxylic acids is 1. The van der Waals surface area contributed by atoms with Crippen LogP contribution in [0.25, 0.3) is 11.3 Å². The molecule has 2 rings (SSSR count). The van der Waals surface area contributed by atoms with Crippen LogP contribution in [-0.4, -0.2) is 16.1 Å². The third-order valence-corrected chi connectivity index (χ3v) is 2.58. The highest BCUT2D eigenvalue weighted by Gasteiger charge is 2.08. The van der Waals surface area contributed by atoms with E-state index in [1.807, 2.05) is 24.3 Å². The number of aryl methyl sites for hydroxylation is 1. The SMILES string of the molecule is Cn1cc(C=O)c(-c2cccc(Br)c2)n1. The molecule has 0 amide bonds. The highest BCUT2D eigenvalue weighted by atomic mass is 79.9. The average molecular weight is 265 g/mol. The van der Waals surface area contributed by atoms with Gasteiger partial charge in [0.1, 0.15) is 5.69 Å². The minimum atomic E-state index is 0.607. The maximum atomic E-state index is 10.8. The molecule has 0 atom stereocenters. The fraction of sp³-hybridized carbons (Fsp3) is 0.0909. The third kappa shape index (κ3) is 1.99. The number of hydrogen-bond donors (Lipinski definition) is 0. The maximum absolute atomic E-state index is 10.8. The number of benzene rings is 1. The van der Waals surface area contributed by atoms with Crippen LogP contribution in [-0.2, 0) is 7.05 Å². The molecule has 15 heavy (non-hydrogen) atoms. The normalized spacial score (nSPS) is 10.3. The molecule has 1 heterocycles. The van der Waals surface area contributed by atoms with E-state index in [9.17, 15) is 4.79 Å². The summed E-state index contributed by atoms with van der Waals surface area (Å²) in [6.45, 7) is 0. The first-order valence-electron chi connectivity index (χ1n) is 4.45. The fourth-order valence-electron chi connectivity index (χ4n) is 1.45. The van der Waals surface area contributed by atoms with Crippen LogP contribution in [0.3, 0.4) is 0 Å². The van der Waals surface area contributed by atoms with Gasteiger partial charge in [0.05, 0.1) is 5.56 Å². The van der Waals surface area contributed by atoms with Crippen molar-refractivity contribution in [3.05, 3.63) is 40.5 Å². The first-order valence-corrected chi connectivity index (χ1v) is 5.25. The van der Waals surface area contributed by atoms with Crippen LogP contribution >= 0.6 is 15.9 Å². The molecule has 4 heteroatoms. The molecule has 0 fully saturated rings. The first kappa shape index (κ1) is 10.1. The van der Waals surface area contributed by atoms with Gasteiger partial charge in [0.2, 0.25) is 0 Å². The van der Waals surface area contributed by atoms with Crippen LogP contribution in [0.5, 0.6) is 0 Å². The van der Waals surface area contributed by atoms with Crippen molar-refractivity contribution in [2.24, 2.45) is 7.05 Å². The highest BCUT2D eigenvalue weighted by Crippen LogP contribution is 2.23. The molecule has 0 saturated heterocycles. The van der Waals surface area contributed by atoms with E-state index in [0.717, 1.165) is 16.3 Å². The summed E-state index contributed by atoms with van der Waals surface area (Å²) >= 11 is 3.39. The lowest BCUT2D eigenvalue weighted by atomic mass is 10.1. The third-order valence-electron chi connectivity index (χ3n) is 2.08. The molecule has 2 aromatic rings. The van der Waals surface area contributed by atoms with Crippen molar-refractivity contribution in [2.45, 2.75) is 0 Å². The van der Waals surface area contributed by atoms with Gasteiger partial charge in [0.25, 0.3) is 0 Å². The summed E-state index contributed by atoms with van der Waals surface area (Å²) < 4.78 is 2.61. The zero-order valence-corrected chi connectivity index (χ0v) is 9.73. The number of nitrogens with zero attached hydrogens (tertiary/aromatic N) is 2. The lowest BCUT2D eigenvalue weighted by Crippen LogP contribution is -1.87. The Morgan fingerprint density at radius 3 is 2.93 bits per heavy atom. The van der Waals surface area contributed by atoms with Crippen molar-refractivity contribution in [3.63, 3.8) is 0 Å². The van der Waals surface area contributed by atoms with Gasteiger partial charge in [-0.2, -0.15) is 5.10 Å². The summed E-state index contributed by atoms with van der Waals surface area (Å²) in [7, 11) is 1.80. The van der Waals surface area contributed by atoms with E-state index in [1.54, 1.807) is 17.9 Å². The maximum Gasteiger partial charge on any atom is 0.153 e. The molecule has 0 aliphatic heterocycles. The monoisotopic (exact) mass is 264 g/mol. The molecule has 0 bridgehead atoms. The van der Waals surface area contributed by atoms with Crippen molar-refractivity contribution >= 4 is 22.2 Å². The minimum absolute atomic E-state index is 0.607. The van der Waals surface area contributed by atoms with E-state index in [4.69, 9.17) is 0 Å². The Balaban J connectivity index is 2.57. The van der Waals surface area contributed by atoms with Gasteiger partial charge in [-0.25, -0.2) is 0 Å². The topological polar surface area (TPSA) is 34.9 Å². The van der Waals surface area contributed by atoms with Crippen molar-refractivity contribution in [2.75, 3.05) is 0 Å². The lowest BCUT2D eigenvalue weighted by Gasteiger charge is -1.98. The Hall–Kier alpha value is -1.42. The molecule has 76 valence electrons. The van der Waals surface area contributed by atoms with E-state index in [0.29, 0.717) is 11.3 Å². The minimum Gasteiger partial charge on any atom is -0.298 e.